The number of halogens is 1. The summed E-state index contributed by atoms with van der Waals surface area (Å²) in [5.41, 5.74) is 3.89. The molecule has 6 heteroatoms. The minimum absolute atomic E-state index is 0.0445. The highest BCUT2D eigenvalue weighted by atomic mass is 35.5. The number of aromatic nitrogens is 2. The maximum Gasteiger partial charge on any atom is 0.147 e. The van der Waals surface area contributed by atoms with Crippen molar-refractivity contribution in [2.45, 2.75) is 6.61 Å². The van der Waals surface area contributed by atoms with Crippen LogP contribution in [0.2, 0.25) is 5.02 Å². The second-order valence-electron chi connectivity index (χ2n) is 6.57. The molecule has 3 aromatic rings. The Morgan fingerprint density at radius 1 is 0.926 bits per heavy atom. The lowest BCUT2D eigenvalue weighted by Gasteiger charge is -2.36. The van der Waals surface area contributed by atoms with Crippen LogP contribution in [0.5, 0.6) is 0 Å². The number of hydrogen-bond donors (Lipinski definition) is 1. The van der Waals surface area contributed by atoms with Crippen LogP contribution < -0.4 is 9.80 Å². The van der Waals surface area contributed by atoms with Crippen molar-refractivity contribution in [2.24, 2.45) is 0 Å². The Kier molecular flexibility index (Phi) is 5.23. The zero-order chi connectivity index (χ0) is 18.6. The van der Waals surface area contributed by atoms with Gasteiger partial charge in [0.15, 0.2) is 0 Å². The first kappa shape index (κ1) is 17.8. The van der Waals surface area contributed by atoms with Crippen LogP contribution in [0.3, 0.4) is 0 Å². The van der Waals surface area contributed by atoms with Crippen LogP contribution >= 0.6 is 11.6 Å². The molecule has 1 aromatic heterocycles. The van der Waals surface area contributed by atoms with E-state index in [1.807, 2.05) is 48.7 Å². The Balaban J connectivity index is 1.47. The minimum atomic E-state index is 0.0445. The summed E-state index contributed by atoms with van der Waals surface area (Å²) in [6.45, 7) is 3.64. The Morgan fingerprint density at radius 3 is 2.37 bits per heavy atom. The van der Waals surface area contributed by atoms with E-state index in [0.29, 0.717) is 0 Å². The number of piperazine rings is 1. The number of nitrogens with zero attached hydrogens (tertiary/aromatic N) is 4. The van der Waals surface area contributed by atoms with Crippen molar-refractivity contribution >= 4 is 23.1 Å². The summed E-state index contributed by atoms with van der Waals surface area (Å²) < 4.78 is 0. The fourth-order valence-corrected chi connectivity index (χ4v) is 3.48. The molecular weight excluding hydrogens is 360 g/mol. The van der Waals surface area contributed by atoms with Gasteiger partial charge in [0, 0.05) is 42.5 Å². The molecule has 0 atom stereocenters. The molecule has 4 rings (SSSR count). The molecule has 0 amide bonds. The number of benzene rings is 2. The smallest absolute Gasteiger partial charge is 0.147 e. The van der Waals surface area contributed by atoms with Crippen molar-refractivity contribution in [1.82, 2.24) is 9.97 Å². The van der Waals surface area contributed by atoms with E-state index in [2.05, 4.69) is 20.9 Å². The summed E-state index contributed by atoms with van der Waals surface area (Å²) in [7, 11) is 0. The average Bonchev–Trinajstić information content (AvgIpc) is 2.74. The van der Waals surface area contributed by atoms with Gasteiger partial charge in [0.25, 0.3) is 0 Å². The van der Waals surface area contributed by atoms with E-state index in [0.717, 1.165) is 59.5 Å². The molecule has 5 nitrogen and oxygen atoms in total. The van der Waals surface area contributed by atoms with Gasteiger partial charge in [-0.05, 0) is 23.8 Å². The maximum absolute atomic E-state index is 9.19. The minimum Gasteiger partial charge on any atom is -0.392 e. The first-order chi connectivity index (χ1) is 13.2. The molecule has 0 bridgehead atoms. The number of anilines is 2. The monoisotopic (exact) mass is 380 g/mol. The van der Waals surface area contributed by atoms with E-state index in [1.165, 1.54) is 0 Å². The van der Waals surface area contributed by atoms with E-state index in [4.69, 9.17) is 16.6 Å². The molecule has 0 aliphatic carbocycles. The van der Waals surface area contributed by atoms with Crippen LogP contribution in [0, 0.1) is 0 Å². The van der Waals surface area contributed by atoms with Gasteiger partial charge in [-0.25, -0.2) is 4.98 Å². The summed E-state index contributed by atoms with van der Waals surface area (Å²) >= 11 is 6.11. The van der Waals surface area contributed by atoms with Crippen molar-refractivity contribution in [2.75, 3.05) is 36.0 Å². The molecule has 0 radical (unpaired) electrons. The molecule has 2 heterocycles. The molecule has 1 saturated heterocycles. The molecule has 138 valence electrons. The standard InChI is InChI=1S/C21H21ClN4O/c22-18-2-1-3-19(12-18)25-8-10-26(11-9-25)21-14-23-13-20(24-21)17-6-4-16(15-27)5-7-17/h1-7,12-14,27H,8-11,15H2. The van der Waals surface area contributed by atoms with Crippen molar-refractivity contribution < 1.29 is 5.11 Å². The summed E-state index contributed by atoms with van der Waals surface area (Å²) in [6.07, 6.45) is 3.60. The van der Waals surface area contributed by atoms with Gasteiger partial charge >= 0.3 is 0 Å². The van der Waals surface area contributed by atoms with Gasteiger partial charge in [-0.1, -0.05) is 41.9 Å². The molecule has 0 saturated carbocycles. The first-order valence-corrected chi connectivity index (χ1v) is 9.38. The number of hydrogen-bond acceptors (Lipinski definition) is 5. The van der Waals surface area contributed by atoms with Crippen LogP contribution in [0.1, 0.15) is 5.56 Å². The highest BCUT2D eigenvalue weighted by molar-refractivity contribution is 6.30. The molecule has 1 aliphatic rings. The Morgan fingerprint density at radius 2 is 1.67 bits per heavy atom. The van der Waals surface area contributed by atoms with Gasteiger partial charge in [0.05, 0.1) is 24.7 Å². The average molecular weight is 381 g/mol. The lowest BCUT2D eigenvalue weighted by Crippen LogP contribution is -2.46. The fourth-order valence-electron chi connectivity index (χ4n) is 3.29. The number of aliphatic hydroxyl groups excluding tert-OH is 1. The Bertz CT molecular complexity index is 908. The third-order valence-electron chi connectivity index (χ3n) is 4.83. The summed E-state index contributed by atoms with van der Waals surface area (Å²) in [6, 6.07) is 15.7. The van der Waals surface area contributed by atoms with Gasteiger partial charge in [-0.2, -0.15) is 0 Å². The molecule has 0 unspecified atom stereocenters. The van der Waals surface area contributed by atoms with Crippen LogP contribution in [0.15, 0.2) is 60.9 Å². The molecular formula is C21H21ClN4O. The maximum atomic E-state index is 9.19. The normalized spacial score (nSPS) is 14.4. The second-order valence-corrected chi connectivity index (χ2v) is 7.01. The SMILES string of the molecule is OCc1ccc(-c2cncc(N3CCN(c4cccc(Cl)c4)CC3)n2)cc1. The summed E-state index contributed by atoms with van der Waals surface area (Å²) in [5.74, 6) is 0.893. The van der Waals surface area contributed by atoms with E-state index < -0.39 is 0 Å². The molecule has 2 aromatic carbocycles. The molecule has 1 fully saturated rings. The van der Waals surface area contributed by atoms with E-state index in [1.54, 1.807) is 6.20 Å². The Hall–Kier alpha value is -2.63. The number of aliphatic hydroxyl groups is 1. The zero-order valence-electron chi connectivity index (χ0n) is 14.9. The van der Waals surface area contributed by atoms with Crippen molar-refractivity contribution in [1.29, 1.82) is 0 Å². The first-order valence-electron chi connectivity index (χ1n) is 9.00. The van der Waals surface area contributed by atoms with Crippen LogP contribution in [0.4, 0.5) is 11.5 Å². The van der Waals surface area contributed by atoms with E-state index >= 15 is 0 Å². The van der Waals surface area contributed by atoms with Gasteiger partial charge in [-0.3, -0.25) is 4.98 Å². The topological polar surface area (TPSA) is 52.5 Å². The lowest BCUT2D eigenvalue weighted by atomic mass is 10.1. The summed E-state index contributed by atoms with van der Waals surface area (Å²) in [4.78, 5) is 13.8. The van der Waals surface area contributed by atoms with Gasteiger partial charge in [0.1, 0.15) is 5.82 Å². The Labute approximate surface area is 163 Å². The second kappa shape index (κ2) is 7.94. The molecule has 1 aliphatic heterocycles. The van der Waals surface area contributed by atoms with Crippen molar-refractivity contribution in [3.05, 3.63) is 71.5 Å². The zero-order valence-corrected chi connectivity index (χ0v) is 15.7. The molecule has 1 N–H and O–H groups in total. The third kappa shape index (κ3) is 4.04. The largest absolute Gasteiger partial charge is 0.392 e. The van der Waals surface area contributed by atoms with Crippen LogP contribution in [-0.4, -0.2) is 41.3 Å². The van der Waals surface area contributed by atoms with Crippen LogP contribution in [-0.2, 0) is 6.61 Å². The van der Waals surface area contributed by atoms with Crippen molar-refractivity contribution in [3.63, 3.8) is 0 Å². The van der Waals surface area contributed by atoms with Crippen LogP contribution in [0.25, 0.3) is 11.3 Å². The highest BCUT2D eigenvalue weighted by Gasteiger charge is 2.19. The summed E-state index contributed by atoms with van der Waals surface area (Å²) in [5, 5.41) is 9.95. The van der Waals surface area contributed by atoms with E-state index in [9.17, 15) is 5.11 Å². The van der Waals surface area contributed by atoms with Gasteiger partial charge < -0.3 is 14.9 Å². The lowest BCUT2D eigenvalue weighted by molar-refractivity contribution is 0.282. The quantitative estimate of drug-likeness (QED) is 0.749. The highest BCUT2D eigenvalue weighted by Crippen LogP contribution is 2.24. The fraction of sp³-hybridized carbons (Fsp3) is 0.238. The number of rotatable bonds is 4. The van der Waals surface area contributed by atoms with Gasteiger partial charge in [0.2, 0.25) is 0 Å². The van der Waals surface area contributed by atoms with E-state index in [-0.39, 0.29) is 6.61 Å². The van der Waals surface area contributed by atoms with Gasteiger partial charge in [-0.15, -0.1) is 0 Å². The molecule has 27 heavy (non-hydrogen) atoms. The van der Waals surface area contributed by atoms with Crippen molar-refractivity contribution in [3.8, 4) is 11.3 Å². The predicted octanol–water partition coefficient (Wildman–Crippen LogP) is 3.62. The third-order valence-corrected chi connectivity index (χ3v) is 5.07. The molecule has 0 spiro atoms. The predicted molar refractivity (Wildman–Crippen MR) is 109 cm³/mol.